The van der Waals surface area contributed by atoms with Gasteiger partial charge in [0, 0.05) is 18.0 Å². The Hall–Kier alpha value is -2.29. The van der Waals surface area contributed by atoms with E-state index < -0.39 is 0 Å². The number of hydrogen-bond donors (Lipinski definition) is 0. The van der Waals surface area contributed by atoms with E-state index in [4.69, 9.17) is 9.72 Å². The highest BCUT2D eigenvalue weighted by molar-refractivity contribution is 5.72. The molecule has 0 aliphatic carbocycles. The molecule has 3 heteroatoms. The largest absolute Gasteiger partial charge is 0.496 e. The van der Waals surface area contributed by atoms with Crippen molar-refractivity contribution in [1.82, 2.24) is 9.38 Å². The van der Waals surface area contributed by atoms with Crippen molar-refractivity contribution in [2.75, 3.05) is 7.11 Å². The van der Waals surface area contributed by atoms with Crippen LogP contribution in [0.25, 0.3) is 16.9 Å². The number of fused-ring (bicyclic) bond motifs is 1. The summed E-state index contributed by atoms with van der Waals surface area (Å²) < 4.78 is 7.61. The summed E-state index contributed by atoms with van der Waals surface area (Å²) in [6.45, 7) is 6.24. The molecule has 0 bridgehead atoms. The Morgan fingerprint density at radius 2 is 1.80 bits per heavy atom. The van der Waals surface area contributed by atoms with Crippen LogP contribution in [0.5, 0.6) is 5.75 Å². The Morgan fingerprint density at radius 3 is 2.55 bits per heavy atom. The van der Waals surface area contributed by atoms with Crippen molar-refractivity contribution in [3.63, 3.8) is 0 Å². The lowest BCUT2D eigenvalue weighted by Gasteiger charge is -2.10. The summed E-state index contributed by atoms with van der Waals surface area (Å²) in [4.78, 5) is 4.70. The van der Waals surface area contributed by atoms with E-state index in [1.54, 1.807) is 7.11 Å². The zero-order chi connectivity index (χ0) is 14.3. The number of nitrogens with zero attached hydrogens (tertiary/aromatic N) is 2. The van der Waals surface area contributed by atoms with Crippen LogP contribution in [0.1, 0.15) is 16.7 Å². The minimum absolute atomic E-state index is 0.899. The van der Waals surface area contributed by atoms with Crippen molar-refractivity contribution in [2.24, 2.45) is 0 Å². The second-order valence-electron chi connectivity index (χ2n) is 5.26. The van der Waals surface area contributed by atoms with E-state index >= 15 is 0 Å². The molecular weight excluding hydrogens is 248 g/mol. The first-order valence-electron chi connectivity index (χ1n) is 6.69. The highest BCUT2D eigenvalue weighted by atomic mass is 16.5. The maximum Gasteiger partial charge on any atom is 0.137 e. The number of imidazole rings is 1. The van der Waals surface area contributed by atoms with Crippen LogP contribution >= 0.6 is 0 Å². The first kappa shape index (κ1) is 12.7. The van der Waals surface area contributed by atoms with Crippen LogP contribution in [0.2, 0.25) is 0 Å². The molecule has 0 aliphatic heterocycles. The van der Waals surface area contributed by atoms with Gasteiger partial charge in [0.15, 0.2) is 0 Å². The van der Waals surface area contributed by atoms with E-state index in [2.05, 4.69) is 55.8 Å². The van der Waals surface area contributed by atoms with E-state index in [0.717, 1.165) is 28.2 Å². The zero-order valence-electron chi connectivity index (χ0n) is 12.3. The third-order valence-electron chi connectivity index (χ3n) is 3.50. The molecule has 3 aromatic rings. The van der Waals surface area contributed by atoms with Gasteiger partial charge in [-0.15, -0.1) is 0 Å². The maximum atomic E-state index is 5.56. The highest BCUT2D eigenvalue weighted by Crippen LogP contribution is 2.33. The molecule has 102 valence electrons. The van der Waals surface area contributed by atoms with E-state index in [9.17, 15) is 0 Å². The van der Waals surface area contributed by atoms with Crippen LogP contribution < -0.4 is 4.74 Å². The van der Waals surface area contributed by atoms with Gasteiger partial charge in [0.1, 0.15) is 11.4 Å². The molecular formula is C17H18N2O. The Kier molecular flexibility index (Phi) is 2.97. The normalized spacial score (nSPS) is 11.0. The minimum Gasteiger partial charge on any atom is -0.496 e. The van der Waals surface area contributed by atoms with Crippen LogP contribution in [0.4, 0.5) is 0 Å². The SMILES string of the molecule is COc1c(C)cc(C)cc1-c1cn2cc(C)ccc2n1. The summed E-state index contributed by atoms with van der Waals surface area (Å²) in [5.74, 6) is 0.899. The van der Waals surface area contributed by atoms with Gasteiger partial charge in [-0.25, -0.2) is 4.98 Å². The molecule has 1 aromatic carbocycles. The van der Waals surface area contributed by atoms with Crippen molar-refractivity contribution in [1.29, 1.82) is 0 Å². The third kappa shape index (κ3) is 2.05. The first-order valence-corrected chi connectivity index (χ1v) is 6.69. The second-order valence-corrected chi connectivity index (χ2v) is 5.26. The lowest BCUT2D eigenvalue weighted by Crippen LogP contribution is -1.92. The number of aromatic nitrogens is 2. The second kappa shape index (κ2) is 4.67. The van der Waals surface area contributed by atoms with Crippen LogP contribution in [0, 0.1) is 20.8 Å². The number of benzene rings is 1. The zero-order valence-corrected chi connectivity index (χ0v) is 12.3. The molecule has 3 nitrogen and oxygen atoms in total. The van der Waals surface area contributed by atoms with Gasteiger partial charge in [-0.2, -0.15) is 0 Å². The average Bonchev–Trinajstić information content (AvgIpc) is 2.80. The highest BCUT2D eigenvalue weighted by Gasteiger charge is 2.13. The predicted octanol–water partition coefficient (Wildman–Crippen LogP) is 3.94. The van der Waals surface area contributed by atoms with Crippen LogP contribution in [0.3, 0.4) is 0 Å². The maximum absolute atomic E-state index is 5.56. The third-order valence-corrected chi connectivity index (χ3v) is 3.50. The summed E-state index contributed by atoms with van der Waals surface area (Å²) in [5, 5.41) is 0. The van der Waals surface area contributed by atoms with E-state index in [1.165, 1.54) is 11.1 Å². The minimum atomic E-state index is 0.899. The van der Waals surface area contributed by atoms with Gasteiger partial charge in [0.25, 0.3) is 0 Å². The molecule has 0 aliphatic rings. The summed E-state index contributed by atoms with van der Waals surface area (Å²) in [6, 6.07) is 8.36. The van der Waals surface area contributed by atoms with E-state index in [0.29, 0.717) is 0 Å². The van der Waals surface area contributed by atoms with Gasteiger partial charge in [-0.3, -0.25) is 0 Å². The average molecular weight is 266 g/mol. The van der Waals surface area contributed by atoms with Crippen molar-refractivity contribution in [3.8, 4) is 17.0 Å². The molecule has 0 amide bonds. The molecule has 0 atom stereocenters. The Morgan fingerprint density at radius 1 is 1.00 bits per heavy atom. The smallest absolute Gasteiger partial charge is 0.137 e. The van der Waals surface area contributed by atoms with Gasteiger partial charge in [0.2, 0.25) is 0 Å². The van der Waals surface area contributed by atoms with Crippen LogP contribution in [-0.2, 0) is 0 Å². The van der Waals surface area contributed by atoms with Crippen LogP contribution in [-0.4, -0.2) is 16.5 Å². The summed E-state index contributed by atoms with van der Waals surface area (Å²) in [6.07, 6.45) is 4.14. The lowest BCUT2D eigenvalue weighted by atomic mass is 10.0. The fourth-order valence-electron chi connectivity index (χ4n) is 2.65. The number of pyridine rings is 1. The molecule has 20 heavy (non-hydrogen) atoms. The van der Waals surface area contributed by atoms with Crippen molar-refractivity contribution >= 4 is 5.65 Å². The Bertz CT molecular complexity index is 787. The van der Waals surface area contributed by atoms with Crippen LogP contribution in [0.15, 0.2) is 36.7 Å². The summed E-state index contributed by atoms with van der Waals surface area (Å²) in [5.41, 5.74) is 6.51. The quantitative estimate of drug-likeness (QED) is 0.702. The predicted molar refractivity (Wildman–Crippen MR) is 81.4 cm³/mol. The fraction of sp³-hybridized carbons (Fsp3) is 0.235. The molecule has 0 radical (unpaired) electrons. The number of ether oxygens (including phenoxy) is 1. The fourth-order valence-corrected chi connectivity index (χ4v) is 2.65. The molecule has 3 rings (SSSR count). The first-order chi connectivity index (χ1) is 9.58. The monoisotopic (exact) mass is 266 g/mol. The molecule has 0 saturated heterocycles. The molecule has 2 heterocycles. The number of rotatable bonds is 2. The molecule has 2 aromatic heterocycles. The van der Waals surface area contributed by atoms with Crippen molar-refractivity contribution < 1.29 is 4.74 Å². The molecule has 0 unspecified atom stereocenters. The topological polar surface area (TPSA) is 26.5 Å². The van der Waals surface area contributed by atoms with Gasteiger partial charge >= 0.3 is 0 Å². The summed E-state index contributed by atoms with van der Waals surface area (Å²) in [7, 11) is 1.71. The standard InChI is InChI=1S/C17H18N2O/c1-11-5-6-16-18-15(10-19(16)9-11)14-8-12(2)7-13(3)17(14)20-4/h5-10H,1-4H3. The molecule has 0 N–H and O–H groups in total. The number of hydrogen-bond acceptors (Lipinski definition) is 2. The van der Waals surface area contributed by atoms with Crippen molar-refractivity contribution in [2.45, 2.75) is 20.8 Å². The Balaban J connectivity index is 2.24. The van der Waals surface area contributed by atoms with Crippen molar-refractivity contribution in [3.05, 3.63) is 53.3 Å². The molecule has 0 fully saturated rings. The van der Waals surface area contributed by atoms with Gasteiger partial charge in [-0.05, 0) is 49.6 Å². The van der Waals surface area contributed by atoms with Gasteiger partial charge < -0.3 is 9.14 Å². The summed E-state index contributed by atoms with van der Waals surface area (Å²) >= 11 is 0. The van der Waals surface area contributed by atoms with E-state index in [1.807, 2.05) is 6.07 Å². The van der Waals surface area contributed by atoms with E-state index in [-0.39, 0.29) is 0 Å². The lowest BCUT2D eigenvalue weighted by molar-refractivity contribution is 0.413. The van der Waals surface area contributed by atoms with Gasteiger partial charge in [0.05, 0.1) is 12.8 Å². The van der Waals surface area contributed by atoms with Gasteiger partial charge in [-0.1, -0.05) is 12.1 Å². The number of aryl methyl sites for hydroxylation is 3. The number of methoxy groups -OCH3 is 1. The molecule has 0 spiro atoms. The molecule has 0 saturated carbocycles. The Labute approximate surface area is 118 Å².